The van der Waals surface area contributed by atoms with Crippen LogP contribution in [0, 0.1) is 10.1 Å². The molecule has 1 amide bonds. The third-order valence-corrected chi connectivity index (χ3v) is 3.07. The van der Waals surface area contributed by atoms with E-state index >= 15 is 0 Å². The number of hydrogen-bond donors (Lipinski definition) is 3. The lowest BCUT2D eigenvalue weighted by molar-refractivity contribution is -0.384. The molecule has 1 heterocycles. The van der Waals surface area contributed by atoms with Gasteiger partial charge in [0, 0.05) is 17.0 Å². The second-order valence-corrected chi connectivity index (χ2v) is 4.38. The molecule has 4 N–H and O–H groups in total. The average molecular weight is 278 g/mol. The standard InChI is InChI=1S/C11H10N4O3S/c12-14-9-2-1-7(5-10(9)15(17)18)11(16)13-8-3-4-19-6-8/h1-6,14H,12H2,(H,13,16). The van der Waals surface area contributed by atoms with E-state index in [-0.39, 0.29) is 16.9 Å². The van der Waals surface area contributed by atoms with Gasteiger partial charge in [-0.2, -0.15) is 11.3 Å². The Labute approximate surface area is 112 Å². The maximum atomic E-state index is 11.9. The number of amides is 1. The van der Waals surface area contributed by atoms with Gasteiger partial charge in [0.2, 0.25) is 0 Å². The highest BCUT2D eigenvalue weighted by atomic mass is 32.1. The van der Waals surface area contributed by atoms with E-state index in [0.717, 1.165) is 0 Å². The van der Waals surface area contributed by atoms with Crippen LogP contribution in [0.15, 0.2) is 35.0 Å². The van der Waals surface area contributed by atoms with Crippen LogP contribution in [0.2, 0.25) is 0 Å². The minimum Gasteiger partial charge on any atom is -0.321 e. The van der Waals surface area contributed by atoms with E-state index in [1.807, 2.05) is 5.38 Å². The third kappa shape index (κ3) is 2.87. The number of benzene rings is 1. The summed E-state index contributed by atoms with van der Waals surface area (Å²) >= 11 is 1.44. The topological polar surface area (TPSA) is 110 Å². The van der Waals surface area contributed by atoms with E-state index in [4.69, 9.17) is 5.84 Å². The Bertz CT molecular complexity index is 612. The quantitative estimate of drug-likeness (QED) is 0.451. The molecule has 2 rings (SSSR count). The number of nitrogen functional groups attached to an aromatic ring is 1. The molecule has 0 fully saturated rings. The maximum absolute atomic E-state index is 11.9. The molecule has 1 aromatic carbocycles. The fourth-order valence-corrected chi connectivity index (χ4v) is 2.07. The van der Waals surface area contributed by atoms with Crippen LogP contribution in [-0.4, -0.2) is 10.8 Å². The molecule has 0 aliphatic rings. The highest BCUT2D eigenvalue weighted by Crippen LogP contribution is 2.25. The van der Waals surface area contributed by atoms with Gasteiger partial charge in [-0.05, 0) is 23.6 Å². The van der Waals surface area contributed by atoms with Gasteiger partial charge in [-0.15, -0.1) is 0 Å². The number of nitro groups is 1. The van der Waals surface area contributed by atoms with E-state index < -0.39 is 10.8 Å². The van der Waals surface area contributed by atoms with Gasteiger partial charge in [0.1, 0.15) is 5.69 Å². The number of anilines is 2. The van der Waals surface area contributed by atoms with Crippen LogP contribution in [0.4, 0.5) is 17.1 Å². The third-order valence-electron chi connectivity index (χ3n) is 2.39. The van der Waals surface area contributed by atoms with Gasteiger partial charge in [0.25, 0.3) is 11.6 Å². The van der Waals surface area contributed by atoms with Crippen LogP contribution in [0.1, 0.15) is 10.4 Å². The van der Waals surface area contributed by atoms with Gasteiger partial charge in [-0.1, -0.05) is 0 Å². The summed E-state index contributed by atoms with van der Waals surface area (Å²) in [6, 6.07) is 5.77. The molecule has 0 saturated heterocycles. The highest BCUT2D eigenvalue weighted by molar-refractivity contribution is 7.08. The monoisotopic (exact) mass is 278 g/mol. The molecule has 0 atom stereocenters. The van der Waals surface area contributed by atoms with Crippen molar-refractivity contribution >= 4 is 34.3 Å². The molecule has 0 unspecified atom stereocenters. The normalized spacial score (nSPS) is 9.95. The SMILES string of the molecule is NNc1ccc(C(=O)Nc2ccsc2)cc1[N+](=O)[O-]. The van der Waals surface area contributed by atoms with Crippen molar-refractivity contribution in [3.05, 3.63) is 50.7 Å². The summed E-state index contributed by atoms with van der Waals surface area (Å²) in [5, 5.41) is 17.1. The van der Waals surface area contributed by atoms with E-state index in [1.165, 1.54) is 29.5 Å². The molecule has 1 aromatic heterocycles. The second-order valence-electron chi connectivity index (χ2n) is 3.60. The zero-order chi connectivity index (χ0) is 13.8. The van der Waals surface area contributed by atoms with Crippen molar-refractivity contribution < 1.29 is 9.72 Å². The largest absolute Gasteiger partial charge is 0.321 e. The fraction of sp³-hybridized carbons (Fsp3) is 0. The summed E-state index contributed by atoms with van der Waals surface area (Å²) in [4.78, 5) is 22.2. The molecule has 0 bridgehead atoms. The van der Waals surface area contributed by atoms with Gasteiger partial charge in [0.15, 0.2) is 0 Å². The van der Waals surface area contributed by atoms with E-state index in [2.05, 4.69) is 10.7 Å². The molecule has 0 radical (unpaired) electrons. The number of nitrogens with two attached hydrogens (primary N) is 1. The smallest absolute Gasteiger partial charge is 0.294 e. The maximum Gasteiger partial charge on any atom is 0.294 e. The highest BCUT2D eigenvalue weighted by Gasteiger charge is 2.17. The molecule has 19 heavy (non-hydrogen) atoms. The van der Waals surface area contributed by atoms with Gasteiger partial charge in [0.05, 0.1) is 10.6 Å². The van der Waals surface area contributed by atoms with Crippen LogP contribution >= 0.6 is 11.3 Å². The number of nitrogens with one attached hydrogen (secondary N) is 2. The summed E-state index contributed by atoms with van der Waals surface area (Å²) < 4.78 is 0. The van der Waals surface area contributed by atoms with Gasteiger partial charge in [-0.3, -0.25) is 20.8 Å². The Kier molecular flexibility index (Phi) is 3.74. The summed E-state index contributed by atoms with van der Waals surface area (Å²) in [6.45, 7) is 0. The molecule has 0 aliphatic heterocycles. The zero-order valence-corrected chi connectivity index (χ0v) is 10.4. The number of rotatable bonds is 4. The molecule has 0 spiro atoms. The first-order valence-electron chi connectivity index (χ1n) is 5.20. The predicted molar refractivity (Wildman–Crippen MR) is 73.2 cm³/mol. The van der Waals surface area contributed by atoms with Crippen molar-refractivity contribution in [3.63, 3.8) is 0 Å². The summed E-state index contributed by atoms with van der Waals surface area (Å²) in [5.74, 6) is 4.76. The first kappa shape index (κ1) is 13.0. The number of nitro benzene ring substituents is 1. The Morgan fingerprint density at radius 1 is 1.37 bits per heavy atom. The lowest BCUT2D eigenvalue weighted by Gasteiger charge is -2.05. The molecular formula is C11H10N4O3S. The van der Waals surface area contributed by atoms with Crippen LogP contribution in [0.3, 0.4) is 0 Å². The number of thiophene rings is 1. The minimum atomic E-state index is -0.601. The Morgan fingerprint density at radius 2 is 2.16 bits per heavy atom. The molecule has 98 valence electrons. The van der Waals surface area contributed by atoms with Crippen LogP contribution in [0.25, 0.3) is 0 Å². The summed E-state index contributed by atoms with van der Waals surface area (Å²) in [7, 11) is 0. The number of nitrogens with zero attached hydrogens (tertiary/aromatic N) is 1. The molecule has 0 aliphatic carbocycles. The Morgan fingerprint density at radius 3 is 2.74 bits per heavy atom. The lowest BCUT2D eigenvalue weighted by Crippen LogP contribution is -2.13. The predicted octanol–water partition coefficient (Wildman–Crippen LogP) is 2.19. The molecule has 7 nitrogen and oxygen atoms in total. The molecule has 8 heteroatoms. The van der Waals surface area contributed by atoms with Crippen molar-refractivity contribution in [1.29, 1.82) is 0 Å². The van der Waals surface area contributed by atoms with Crippen molar-refractivity contribution in [2.75, 3.05) is 10.7 Å². The van der Waals surface area contributed by atoms with Crippen molar-refractivity contribution in [1.82, 2.24) is 0 Å². The zero-order valence-electron chi connectivity index (χ0n) is 9.62. The van der Waals surface area contributed by atoms with E-state index in [0.29, 0.717) is 5.69 Å². The lowest BCUT2D eigenvalue weighted by atomic mass is 10.1. The van der Waals surface area contributed by atoms with Gasteiger partial charge >= 0.3 is 0 Å². The summed E-state index contributed by atoms with van der Waals surface area (Å²) in [5.41, 5.74) is 2.96. The molecule has 0 saturated carbocycles. The van der Waals surface area contributed by atoms with E-state index in [9.17, 15) is 14.9 Å². The van der Waals surface area contributed by atoms with Gasteiger partial charge in [-0.25, -0.2) is 0 Å². The first-order valence-corrected chi connectivity index (χ1v) is 6.14. The van der Waals surface area contributed by atoms with Crippen LogP contribution in [-0.2, 0) is 0 Å². The van der Waals surface area contributed by atoms with Gasteiger partial charge < -0.3 is 10.7 Å². The molecule has 2 aromatic rings. The summed E-state index contributed by atoms with van der Waals surface area (Å²) in [6.07, 6.45) is 0. The average Bonchev–Trinajstić information content (AvgIpc) is 2.90. The second kappa shape index (κ2) is 5.46. The number of carbonyl (C=O) groups is 1. The Hall–Kier alpha value is -2.45. The number of hydrogen-bond acceptors (Lipinski definition) is 6. The number of carbonyl (C=O) groups excluding carboxylic acids is 1. The van der Waals surface area contributed by atoms with Crippen molar-refractivity contribution in [3.8, 4) is 0 Å². The Balaban J connectivity index is 2.27. The fourth-order valence-electron chi connectivity index (χ4n) is 1.48. The minimum absolute atomic E-state index is 0.150. The molecular weight excluding hydrogens is 268 g/mol. The van der Waals surface area contributed by atoms with Crippen molar-refractivity contribution in [2.24, 2.45) is 5.84 Å². The van der Waals surface area contributed by atoms with E-state index in [1.54, 1.807) is 11.4 Å². The van der Waals surface area contributed by atoms with Crippen LogP contribution in [0.5, 0.6) is 0 Å². The van der Waals surface area contributed by atoms with Crippen LogP contribution < -0.4 is 16.6 Å². The first-order chi connectivity index (χ1) is 9.11. The number of hydrazine groups is 1. The van der Waals surface area contributed by atoms with Crippen molar-refractivity contribution in [2.45, 2.75) is 0 Å².